The van der Waals surface area contributed by atoms with Crippen LogP contribution in [0.4, 0.5) is 5.69 Å². The summed E-state index contributed by atoms with van der Waals surface area (Å²) in [4.78, 5) is 27.5. The van der Waals surface area contributed by atoms with Crippen LogP contribution in [0.15, 0.2) is 42.5 Å². The lowest BCUT2D eigenvalue weighted by Crippen LogP contribution is -2.26. The van der Waals surface area contributed by atoms with Crippen molar-refractivity contribution in [2.75, 3.05) is 6.54 Å². The average molecular weight is 352 g/mol. The minimum Gasteiger partial charge on any atom is -0.352 e. The molecule has 3 rings (SSSR count). The van der Waals surface area contributed by atoms with E-state index >= 15 is 0 Å². The molecule has 7 heteroatoms. The Morgan fingerprint density at radius 1 is 1.19 bits per heavy atom. The van der Waals surface area contributed by atoms with E-state index < -0.39 is 10.8 Å². The van der Waals surface area contributed by atoms with E-state index in [2.05, 4.69) is 14.9 Å². The van der Waals surface area contributed by atoms with Crippen molar-refractivity contribution in [1.82, 2.24) is 14.9 Å². The lowest BCUT2D eigenvalue weighted by atomic mass is 10.1. The zero-order valence-corrected chi connectivity index (χ0v) is 14.7. The van der Waals surface area contributed by atoms with Crippen LogP contribution in [0.5, 0.6) is 0 Å². The van der Waals surface area contributed by atoms with Crippen LogP contribution in [0.3, 0.4) is 0 Å². The van der Waals surface area contributed by atoms with Crippen molar-refractivity contribution < 1.29 is 9.72 Å². The number of amides is 1. The van der Waals surface area contributed by atoms with Gasteiger partial charge in [-0.1, -0.05) is 24.3 Å². The van der Waals surface area contributed by atoms with Gasteiger partial charge in [-0.25, -0.2) is 4.98 Å². The third-order valence-electron chi connectivity index (χ3n) is 4.35. The average Bonchev–Trinajstić information content (AvgIpc) is 2.93. The largest absolute Gasteiger partial charge is 0.352 e. The normalized spacial score (nSPS) is 10.8. The molecule has 134 valence electrons. The number of carbonyl (C=O) groups is 1. The van der Waals surface area contributed by atoms with Gasteiger partial charge in [0.15, 0.2) is 0 Å². The minimum atomic E-state index is -0.509. The van der Waals surface area contributed by atoms with Crippen molar-refractivity contribution in [3.8, 4) is 0 Å². The van der Waals surface area contributed by atoms with Crippen LogP contribution in [0.2, 0.25) is 0 Å². The second kappa shape index (κ2) is 7.35. The summed E-state index contributed by atoms with van der Waals surface area (Å²) in [5, 5.41) is 14.0. The lowest BCUT2D eigenvalue weighted by Gasteiger charge is -2.09. The summed E-state index contributed by atoms with van der Waals surface area (Å²) >= 11 is 0. The van der Waals surface area contributed by atoms with Crippen LogP contribution >= 0.6 is 0 Å². The molecule has 7 nitrogen and oxygen atoms in total. The number of nitro groups is 1. The first-order valence-electron chi connectivity index (χ1n) is 8.43. The van der Waals surface area contributed by atoms with E-state index in [4.69, 9.17) is 0 Å². The molecule has 0 bridgehead atoms. The van der Waals surface area contributed by atoms with Gasteiger partial charge in [-0.05, 0) is 38.5 Å². The van der Waals surface area contributed by atoms with Crippen LogP contribution in [-0.4, -0.2) is 26.9 Å². The van der Waals surface area contributed by atoms with E-state index in [0.29, 0.717) is 25.1 Å². The number of hydrogen-bond acceptors (Lipinski definition) is 4. The number of aromatic nitrogens is 2. The third kappa shape index (κ3) is 3.42. The SMILES string of the molecule is Cc1cccc(C(=O)NCCCn2c(C)nc3ccccc32)c1[N+](=O)[O-]. The topological polar surface area (TPSA) is 90.1 Å². The zero-order chi connectivity index (χ0) is 18.7. The molecule has 0 unspecified atom stereocenters. The Morgan fingerprint density at radius 2 is 1.96 bits per heavy atom. The van der Waals surface area contributed by atoms with Crippen LogP contribution in [0.1, 0.15) is 28.2 Å². The molecule has 0 saturated heterocycles. The summed E-state index contributed by atoms with van der Waals surface area (Å²) in [5.74, 6) is 0.499. The molecular weight excluding hydrogens is 332 g/mol. The van der Waals surface area contributed by atoms with Gasteiger partial charge in [0, 0.05) is 18.7 Å². The van der Waals surface area contributed by atoms with Gasteiger partial charge in [0.05, 0.1) is 16.0 Å². The van der Waals surface area contributed by atoms with Gasteiger partial charge in [-0.2, -0.15) is 0 Å². The van der Waals surface area contributed by atoms with E-state index in [0.717, 1.165) is 16.9 Å². The van der Waals surface area contributed by atoms with Crippen molar-refractivity contribution in [2.24, 2.45) is 0 Å². The molecule has 3 aromatic rings. The highest BCUT2D eigenvalue weighted by Gasteiger charge is 2.21. The molecule has 1 aromatic heterocycles. The number of benzene rings is 2. The summed E-state index contributed by atoms with van der Waals surface area (Å²) in [5.41, 5.74) is 2.44. The Balaban J connectivity index is 1.64. The van der Waals surface area contributed by atoms with Crippen molar-refractivity contribution in [3.05, 3.63) is 69.5 Å². The highest BCUT2D eigenvalue weighted by atomic mass is 16.6. The van der Waals surface area contributed by atoms with Crippen LogP contribution < -0.4 is 5.32 Å². The van der Waals surface area contributed by atoms with E-state index in [1.54, 1.807) is 19.1 Å². The Morgan fingerprint density at radius 3 is 2.73 bits per heavy atom. The monoisotopic (exact) mass is 352 g/mol. The number of nitrogens with zero attached hydrogens (tertiary/aromatic N) is 3. The third-order valence-corrected chi connectivity index (χ3v) is 4.35. The number of nitro benzene ring substituents is 1. The molecule has 1 N–H and O–H groups in total. The van der Waals surface area contributed by atoms with Gasteiger partial charge >= 0.3 is 0 Å². The number of carbonyl (C=O) groups excluding carboxylic acids is 1. The van der Waals surface area contributed by atoms with E-state index in [-0.39, 0.29) is 11.3 Å². The van der Waals surface area contributed by atoms with Crippen LogP contribution in [0, 0.1) is 24.0 Å². The summed E-state index contributed by atoms with van der Waals surface area (Å²) < 4.78 is 2.11. The first kappa shape index (κ1) is 17.6. The number of nitrogens with one attached hydrogen (secondary N) is 1. The Bertz CT molecular complexity index is 978. The number of rotatable bonds is 6. The van der Waals surface area contributed by atoms with Gasteiger partial charge in [-0.3, -0.25) is 14.9 Å². The van der Waals surface area contributed by atoms with Crippen molar-refractivity contribution in [3.63, 3.8) is 0 Å². The number of hydrogen-bond donors (Lipinski definition) is 1. The van der Waals surface area contributed by atoms with Crippen molar-refractivity contribution >= 4 is 22.6 Å². The molecule has 0 spiro atoms. The predicted octanol–water partition coefficient (Wildman–Crippen LogP) is 3.38. The standard InChI is InChI=1S/C19H20N4O3/c1-13-7-5-8-15(18(13)23(25)26)19(24)20-11-6-12-22-14(2)21-16-9-3-4-10-17(16)22/h3-5,7-10H,6,11-12H2,1-2H3,(H,20,24). The molecule has 0 radical (unpaired) electrons. The van der Waals surface area contributed by atoms with E-state index in [1.807, 2.05) is 31.2 Å². The maximum Gasteiger partial charge on any atom is 0.285 e. The number of para-hydroxylation sites is 3. The zero-order valence-electron chi connectivity index (χ0n) is 14.7. The van der Waals surface area contributed by atoms with E-state index in [9.17, 15) is 14.9 Å². The fraction of sp³-hybridized carbons (Fsp3) is 0.263. The molecule has 0 fully saturated rings. The minimum absolute atomic E-state index is 0.0965. The van der Waals surface area contributed by atoms with E-state index in [1.165, 1.54) is 6.07 Å². The molecule has 0 aliphatic rings. The second-order valence-corrected chi connectivity index (χ2v) is 6.14. The predicted molar refractivity (Wildman–Crippen MR) is 99.3 cm³/mol. The molecule has 1 heterocycles. The quantitative estimate of drug-likeness (QED) is 0.418. The number of aryl methyl sites for hydroxylation is 3. The highest BCUT2D eigenvalue weighted by molar-refractivity contribution is 5.98. The van der Waals surface area contributed by atoms with Crippen molar-refractivity contribution in [2.45, 2.75) is 26.8 Å². The maximum atomic E-state index is 12.3. The lowest BCUT2D eigenvalue weighted by molar-refractivity contribution is -0.385. The van der Waals surface area contributed by atoms with Gasteiger partial charge < -0.3 is 9.88 Å². The van der Waals surface area contributed by atoms with Gasteiger partial charge in [0.25, 0.3) is 11.6 Å². The maximum absolute atomic E-state index is 12.3. The first-order chi connectivity index (χ1) is 12.5. The molecule has 0 saturated carbocycles. The summed E-state index contributed by atoms with van der Waals surface area (Å²) in [6, 6.07) is 12.7. The molecule has 0 atom stereocenters. The van der Waals surface area contributed by atoms with Gasteiger partial charge in [-0.15, -0.1) is 0 Å². The Kier molecular flexibility index (Phi) is 4.97. The highest BCUT2D eigenvalue weighted by Crippen LogP contribution is 2.22. The smallest absolute Gasteiger partial charge is 0.285 e. The summed E-state index contributed by atoms with van der Waals surface area (Å²) in [6.45, 7) is 4.72. The van der Waals surface area contributed by atoms with Crippen LogP contribution in [-0.2, 0) is 6.54 Å². The van der Waals surface area contributed by atoms with Gasteiger partial charge in [0.2, 0.25) is 0 Å². The fourth-order valence-corrected chi connectivity index (χ4v) is 3.10. The summed E-state index contributed by atoms with van der Waals surface area (Å²) in [7, 11) is 0. The molecule has 0 aliphatic carbocycles. The van der Waals surface area contributed by atoms with Crippen molar-refractivity contribution in [1.29, 1.82) is 0 Å². The summed E-state index contributed by atoms with van der Waals surface area (Å²) in [6.07, 6.45) is 0.701. The molecule has 0 aliphatic heterocycles. The molecular formula is C19H20N4O3. The fourth-order valence-electron chi connectivity index (χ4n) is 3.10. The van der Waals surface area contributed by atoms with Gasteiger partial charge in [0.1, 0.15) is 11.4 Å². The number of fused-ring (bicyclic) bond motifs is 1. The first-order valence-corrected chi connectivity index (χ1v) is 8.43. The molecule has 26 heavy (non-hydrogen) atoms. The second-order valence-electron chi connectivity index (χ2n) is 6.14. The molecule has 1 amide bonds. The Labute approximate surface area is 150 Å². The Hall–Kier alpha value is -3.22. The number of imidazole rings is 1. The van der Waals surface area contributed by atoms with Crippen LogP contribution in [0.25, 0.3) is 11.0 Å². The molecule has 2 aromatic carbocycles.